The lowest BCUT2D eigenvalue weighted by atomic mass is 10.1. The first kappa shape index (κ1) is 22.2. The first-order chi connectivity index (χ1) is 13.1. The Hall–Kier alpha value is -2.11. The molecule has 0 bridgehead atoms. The molecule has 2 heterocycles. The first-order valence-electron chi connectivity index (χ1n) is 8.79. The minimum atomic E-state index is -3.47. The summed E-state index contributed by atoms with van der Waals surface area (Å²) in [6, 6.07) is -0.418. The zero-order valence-electron chi connectivity index (χ0n) is 15.9. The summed E-state index contributed by atoms with van der Waals surface area (Å²) >= 11 is 1.45. The van der Waals surface area contributed by atoms with Crippen molar-refractivity contribution >= 4 is 32.9 Å². The Bertz CT molecular complexity index is 906. The number of aromatic nitrogens is 2. The highest BCUT2D eigenvalue weighted by molar-refractivity contribution is 7.91. The van der Waals surface area contributed by atoms with Gasteiger partial charge in [-0.15, -0.1) is 0 Å². The first-order valence-corrected chi connectivity index (χ1v) is 11.6. The minimum Gasteiger partial charge on any atom is -0.344 e. The predicted octanol–water partition coefficient (Wildman–Crippen LogP) is 1.27. The van der Waals surface area contributed by atoms with Crippen molar-refractivity contribution in [2.45, 2.75) is 39.3 Å². The third kappa shape index (κ3) is 5.94. The van der Waals surface area contributed by atoms with Crippen LogP contribution in [0.1, 0.15) is 37.8 Å². The summed E-state index contributed by atoms with van der Waals surface area (Å²) in [6.45, 7) is 5.23. The van der Waals surface area contributed by atoms with E-state index < -0.39 is 39.4 Å². The van der Waals surface area contributed by atoms with E-state index in [9.17, 15) is 18.0 Å². The highest BCUT2D eigenvalue weighted by atomic mass is 32.2. The summed E-state index contributed by atoms with van der Waals surface area (Å²) in [7, 11) is -3.47. The normalized spacial score (nSPS) is 14.0. The molecule has 0 aliphatic heterocycles. The van der Waals surface area contributed by atoms with Gasteiger partial charge < -0.3 is 15.6 Å². The highest BCUT2D eigenvalue weighted by Gasteiger charge is 2.29. The Morgan fingerprint density at radius 3 is 2.61 bits per heavy atom. The molecule has 0 aliphatic carbocycles. The standard InChI is InChI=1S/C17H24N4O5S2/c1-4-13(19-16(23)12(18)9-28(24,25)8-10(2)3)14(22)15-20-17(26-21-15)11-5-6-27-7-11/h5-7,10,12-13H,4,8-9,18H2,1-3H3,(H,19,23)/t12-,13-/m0/s1. The Morgan fingerprint density at radius 1 is 1.32 bits per heavy atom. The van der Waals surface area contributed by atoms with Crippen molar-refractivity contribution in [1.82, 2.24) is 15.5 Å². The van der Waals surface area contributed by atoms with E-state index in [0.717, 1.165) is 0 Å². The molecule has 0 aliphatic rings. The lowest BCUT2D eigenvalue weighted by molar-refractivity contribution is -0.122. The Balaban J connectivity index is 2.02. The molecule has 0 saturated heterocycles. The van der Waals surface area contributed by atoms with Crippen molar-refractivity contribution < 1.29 is 22.5 Å². The second-order valence-corrected chi connectivity index (χ2v) is 9.78. The molecule has 2 aromatic rings. The second kappa shape index (κ2) is 9.39. The zero-order chi connectivity index (χ0) is 20.9. The van der Waals surface area contributed by atoms with Crippen LogP contribution >= 0.6 is 11.3 Å². The molecule has 28 heavy (non-hydrogen) atoms. The summed E-state index contributed by atoms with van der Waals surface area (Å²) in [5.41, 5.74) is 6.44. The van der Waals surface area contributed by atoms with E-state index in [-0.39, 0.29) is 29.8 Å². The van der Waals surface area contributed by atoms with Crippen molar-refractivity contribution in [3.63, 3.8) is 0 Å². The van der Waals surface area contributed by atoms with Crippen LogP contribution in [0.15, 0.2) is 21.3 Å². The third-order valence-electron chi connectivity index (χ3n) is 3.81. The number of carbonyl (C=O) groups is 2. The highest BCUT2D eigenvalue weighted by Crippen LogP contribution is 2.20. The van der Waals surface area contributed by atoms with Gasteiger partial charge in [0.25, 0.3) is 5.89 Å². The van der Waals surface area contributed by atoms with Crippen molar-refractivity contribution in [2.24, 2.45) is 11.7 Å². The molecule has 9 nitrogen and oxygen atoms in total. The SMILES string of the molecule is CC[C@H](NC(=O)[C@@H](N)CS(=O)(=O)CC(C)C)C(=O)c1noc(-c2ccsc2)n1. The summed E-state index contributed by atoms with van der Waals surface area (Å²) in [4.78, 5) is 28.9. The summed E-state index contributed by atoms with van der Waals surface area (Å²) in [5.74, 6) is -1.80. The molecule has 0 spiro atoms. The maximum atomic E-state index is 12.6. The Morgan fingerprint density at radius 2 is 2.04 bits per heavy atom. The molecule has 2 rings (SSSR count). The van der Waals surface area contributed by atoms with Gasteiger partial charge in [0.05, 0.1) is 29.2 Å². The number of nitrogens with one attached hydrogen (secondary N) is 1. The second-order valence-electron chi connectivity index (χ2n) is 6.85. The molecule has 154 valence electrons. The molecule has 2 aromatic heterocycles. The van der Waals surface area contributed by atoms with Gasteiger partial charge in [0.2, 0.25) is 17.5 Å². The van der Waals surface area contributed by atoms with Crippen LogP contribution in [0, 0.1) is 5.92 Å². The number of hydrogen-bond acceptors (Lipinski definition) is 9. The summed E-state index contributed by atoms with van der Waals surface area (Å²) in [6.07, 6.45) is 0.262. The van der Waals surface area contributed by atoms with Crippen LogP contribution in [-0.4, -0.2) is 53.8 Å². The van der Waals surface area contributed by atoms with Crippen LogP contribution < -0.4 is 11.1 Å². The van der Waals surface area contributed by atoms with Gasteiger partial charge in [-0.2, -0.15) is 16.3 Å². The van der Waals surface area contributed by atoms with Gasteiger partial charge in [-0.3, -0.25) is 9.59 Å². The van der Waals surface area contributed by atoms with Gasteiger partial charge in [-0.25, -0.2) is 8.42 Å². The zero-order valence-corrected chi connectivity index (χ0v) is 17.5. The van der Waals surface area contributed by atoms with E-state index in [1.807, 2.05) is 5.38 Å². The molecule has 3 N–H and O–H groups in total. The van der Waals surface area contributed by atoms with Gasteiger partial charge in [0.15, 0.2) is 9.84 Å². The molecule has 0 aromatic carbocycles. The quantitative estimate of drug-likeness (QED) is 0.538. The third-order valence-corrected chi connectivity index (χ3v) is 6.54. The van der Waals surface area contributed by atoms with Crippen LogP contribution in [-0.2, 0) is 14.6 Å². The van der Waals surface area contributed by atoms with Crippen molar-refractivity contribution in [2.75, 3.05) is 11.5 Å². The number of carbonyl (C=O) groups excluding carboxylic acids is 2. The molecular formula is C17H24N4O5S2. The maximum Gasteiger partial charge on any atom is 0.259 e. The predicted molar refractivity (Wildman–Crippen MR) is 106 cm³/mol. The number of ketones is 1. The van der Waals surface area contributed by atoms with Crippen molar-refractivity contribution in [3.8, 4) is 11.5 Å². The van der Waals surface area contributed by atoms with Gasteiger partial charge in [0, 0.05) is 5.38 Å². The van der Waals surface area contributed by atoms with Crippen LogP contribution in [0.4, 0.5) is 0 Å². The van der Waals surface area contributed by atoms with Crippen LogP contribution in [0.3, 0.4) is 0 Å². The number of nitrogens with two attached hydrogens (primary N) is 1. The van der Waals surface area contributed by atoms with E-state index in [4.69, 9.17) is 10.3 Å². The number of rotatable bonds is 10. The summed E-state index contributed by atoms with van der Waals surface area (Å²) < 4.78 is 29.1. The molecule has 0 radical (unpaired) electrons. The van der Waals surface area contributed by atoms with E-state index in [0.29, 0.717) is 5.56 Å². The fourth-order valence-electron chi connectivity index (χ4n) is 2.54. The number of amides is 1. The molecule has 2 atom stereocenters. The number of Topliss-reactive ketones (excluding diaryl/α,β-unsaturated/α-hetero) is 1. The van der Waals surface area contributed by atoms with Gasteiger partial charge in [-0.05, 0) is 23.8 Å². The van der Waals surface area contributed by atoms with Crippen molar-refractivity contribution in [3.05, 3.63) is 22.7 Å². The van der Waals surface area contributed by atoms with Crippen LogP contribution in [0.25, 0.3) is 11.5 Å². The number of hydrogen-bond donors (Lipinski definition) is 2. The topological polar surface area (TPSA) is 145 Å². The lowest BCUT2D eigenvalue weighted by Gasteiger charge is -2.18. The largest absolute Gasteiger partial charge is 0.344 e. The average molecular weight is 429 g/mol. The molecular weight excluding hydrogens is 404 g/mol. The smallest absolute Gasteiger partial charge is 0.259 e. The van der Waals surface area contributed by atoms with Crippen LogP contribution in [0.5, 0.6) is 0 Å². The van der Waals surface area contributed by atoms with E-state index >= 15 is 0 Å². The molecule has 0 fully saturated rings. The van der Waals surface area contributed by atoms with E-state index in [1.165, 1.54) is 11.3 Å². The monoisotopic (exact) mass is 428 g/mol. The molecule has 1 amide bonds. The molecule has 0 unspecified atom stereocenters. The van der Waals surface area contributed by atoms with Crippen LogP contribution in [0.2, 0.25) is 0 Å². The van der Waals surface area contributed by atoms with E-state index in [1.54, 1.807) is 32.2 Å². The Labute approximate surface area is 167 Å². The Kier molecular flexibility index (Phi) is 7.44. The van der Waals surface area contributed by atoms with Gasteiger partial charge in [-0.1, -0.05) is 25.9 Å². The van der Waals surface area contributed by atoms with Gasteiger partial charge in [0.1, 0.15) is 0 Å². The molecule has 0 saturated carbocycles. The number of nitrogens with zero attached hydrogens (tertiary/aromatic N) is 2. The number of thiophene rings is 1. The number of sulfone groups is 1. The van der Waals surface area contributed by atoms with E-state index in [2.05, 4.69) is 15.5 Å². The average Bonchev–Trinajstić information content (AvgIpc) is 3.27. The summed E-state index contributed by atoms with van der Waals surface area (Å²) in [5, 5.41) is 9.80. The van der Waals surface area contributed by atoms with Crippen molar-refractivity contribution in [1.29, 1.82) is 0 Å². The van der Waals surface area contributed by atoms with Gasteiger partial charge >= 0.3 is 0 Å². The fourth-order valence-corrected chi connectivity index (χ4v) is 5.02. The molecule has 11 heteroatoms. The lowest BCUT2D eigenvalue weighted by Crippen LogP contribution is -2.51. The maximum absolute atomic E-state index is 12.6. The minimum absolute atomic E-state index is 0.0572. The fraction of sp³-hybridized carbons (Fsp3) is 0.529.